The standard InChI is InChI=1S/C35H51N3O2/c1-3-5-6-7-8-9-10-11-12-13-14-15-16-21-26-37-31-23-18-17-22-30(31)36-35(37)29-27-34(39)38(28-29)32-24-19-20-25-33(32)40-4-2/h17-20,22-25,29H,3-16,21,26-28H2,1-2H3. The number of hydrogen-bond acceptors (Lipinski definition) is 3. The number of rotatable bonds is 19. The van der Waals surface area contributed by atoms with E-state index in [0.717, 1.165) is 35.7 Å². The molecule has 1 unspecified atom stereocenters. The van der Waals surface area contributed by atoms with E-state index >= 15 is 0 Å². The Morgan fingerprint density at radius 1 is 0.775 bits per heavy atom. The SMILES string of the molecule is CCCCCCCCCCCCCCCCn1c(C2CC(=O)N(c3ccccc3OCC)C2)nc2ccccc21. The maximum absolute atomic E-state index is 13.2. The summed E-state index contributed by atoms with van der Waals surface area (Å²) in [5, 5.41) is 0. The van der Waals surface area contributed by atoms with Gasteiger partial charge in [-0.25, -0.2) is 4.98 Å². The maximum atomic E-state index is 13.2. The molecule has 1 saturated heterocycles. The van der Waals surface area contributed by atoms with Crippen LogP contribution in [0, 0.1) is 0 Å². The van der Waals surface area contributed by atoms with Gasteiger partial charge in [-0.15, -0.1) is 0 Å². The maximum Gasteiger partial charge on any atom is 0.227 e. The van der Waals surface area contributed by atoms with Gasteiger partial charge in [0.25, 0.3) is 0 Å². The highest BCUT2D eigenvalue weighted by atomic mass is 16.5. The lowest BCUT2D eigenvalue weighted by Gasteiger charge is -2.20. The van der Waals surface area contributed by atoms with E-state index in [-0.39, 0.29) is 11.8 Å². The van der Waals surface area contributed by atoms with Crippen LogP contribution in [0.15, 0.2) is 48.5 Å². The molecule has 2 aromatic carbocycles. The fourth-order valence-corrected chi connectivity index (χ4v) is 6.18. The van der Waals surface area contributed by atoms with Crippen LogP contribution in [0.1, 0.15) is 122 Å². The summed E-state index contributed by atoms with van der Waals surface area (Å²) in [4.78, 5) is 20.1. The predicted octanol–water partition coefficient (Wildman–Crippen LogP) is 9.44. The molecule has 2 heterocycles. The van der Waals surface area contributed by atoms with Crippen molar-refractivity contribution in [2.45, 2.75) is 123 Å². The Hall–Kier alpha value is -2.82. The molecule has 40 heavy (non-hydrogen) atoms. The highest BCUT2D eigenvalue weighted by Gasteiger charge is 2.35. The van der Waals surface area contributed by atoms with Crippen LogP contribution >= 0.6 is 0 Å². The summed E-state index contributed by atoms with van der Waals surface area (Å²) in [5.74, 6) is 2.06. The number of fused-ring (bicyclic) bond motifs is 1. The minimum atomic E-state index is 0.0845. The highest BCUT2D eigenvalue weighted by Crippen LogP contribution is 2.37. The van der Waals surface area contributed by atoms with Crippen molar-refractivity contribution in [3.63, 3.8) is 0 Å². The van der Waals surface area contributed by atoms with E-state index in [9.17, 15) is 4.79 Å². The molecule has 1 aliphatic rings. The Bertz CT molecular complexity index is 1170. The number of carbonyl (C=O) groups is 1. The van der Waals surface area contributed by atoms with Gasteiger partial charge >= 0.3 is 0 Å². The Balaban J connectivity index is 1.25. The molecule has 5 heteroatoms. The molecule has 218 valence electrons. The van der Waals surface area contributed by atoms with E-state index in [1.54, 1.807) is 0 Å². The van der Waals surface area contributed by atoms with Gasteiger partial charge in [-0.05, 0) is 37.6 Å². The average Bonchev–Trinajstić information content (AvgIpc) is 3.54. The van der Waals surface area contributed by atoms with Gasteiger partial charge in [-0.1, -0.05) is 115 Å². The molecule has 4 rings (SSSR count). The monoisotopic (exact) mass is 545 g/mol. The van der Waals surface area contributed by atoms with Crippen LogP contribution in [0.5, 0.6) is 5.75 Å². The lowest BCUT2D eigenvalue weighted by atomic mass is 10.0. The first kappa shape index (κ1) is 30.1. The number of hydrogen-bond donors (Lipinski definition) is 0. The van der Waals surface area contributed by atoms with E-state index in [0.29, 0.717) is 19.6 Å². The van der Waals surface area contributed by atoms with Gasteiger partial charge in [0.2, 0.25) is 5.91 Å². The van der Waals surface area contributed by atoms with E-state index in [2.05, 4.69) is 35.8 Å². The number of benzene rings is 2. The van der Waals surface area contributed by atoms with E-state index in [1.807, 2.05) is 36.1 Å². The zero-order chi connectivity index (χ0) is 28.0. The summed E-state index contributed by atoms with van der Waals surface area (Å²) >= 11 is 0. The molecule has 1 atom stereocenters. The second-order valence-electron chi connectivity index (χ2n) is 11.5. The molecule has 3 aromatic rings. The lowest BCUT2D eigenvalue weighted by Crippen LogP contribution is -2.25. The van der Waals surface area contributed by atoms with Gasteiger partial charge in [-0.2, -0.15) is 0 Å². The molecule has 0 bridgehead atoms. The molecule has 0 aliphatic carbocycles. The third kappa shape index (κ3) is 8.34. The second-order valence-corrected chi connectivity index (χ2v) is 11.5. The van der Waals surface area contributed by atoms with E-state index in [4.69, 9.17) is 9.72 Å². The summed E-state index contributed by atoms with van der Waals surface area (Å²) in [6.45, 7) is 6.45. The van der Waals surface area contributed by atoms with Crippen LogP contribution in [0.3, 0.4) is 0 Å². The first-order chi connectivity index (χ1) is 19.7. The smallest absolute Gasteiger partial charge is 0.227 e. The Kier molecular flexibility index (Phi) is 12.4. The molecule has 0 saturated carbocycles. The van der Waals surface area contributed by atoms with E-state index in [1.165, 1.54) is 89.0 Å². The first-order valence-corrected chi connectivity index (χ1v) is 16.2. The van der Waals surface area contributed by atoms with Gasteiger partial charge in [-0.3, -0.25) is 4.79 Å². The van der Waals surface area contributed by atoms with E-state index < -0.39 is 0 Å². The summed E-state index contributed by atoms with van der Waals surface area (Å²) in [6.07, 6.45) is 19.6. The van der Waals surface area contributed by atoms with Crippen molar-refractivity contribution in [3.8, 4) is 5.75 Å². The van der Waals surface area contributed by atoms with Crippen molar-refractivity contribution in [1.29, 1.82) is 0 Å². The Labute approximate surface area is 242 Å². The topological polar surface area (TPSA) is 47.4 Å². The Morgan fingerprint density at radius 2 is 1.38 bits per heavy atom. The molecule has 1 aliphatic heterocycles. The second kappa shape index (κ2) is 16.4. The average molecular weight is 546 g/mol. The quantitative estimate of drug-likeness (QED) is 0.141. The number of aromatic nitrogens is 2. The van der Waals surface area contributed by atoms with Crippen LogP contribution in [-0.4, -0.2) is 28.6 Å². The predicted molar refractivity (Wildman–Crippen MR) is 167 cm³/mol. The van der Waals surface area contributed by atoms with Crippen LogP contribution in [-0.2, 0) is 11.3 Å². The number of imidazole rings is 1. The van der Waals surface area contributed by atoms with Gasteiger partial charge in [0, 0.05) is 25.4 Å². The van der Waals surface area contributed by atoms with Crippen molar-refractivity contribution in [2.24, 2.45) is 0 Å². The molecule has 0 N–H and O–H groups in total. The van der Waals surface area contributed by atoms with Crippen molar-refractivity contribution in [1.82, 2.24) is 9.55 Å². The zero-order valence-corrected chi connectivity index (χ0v) is 25.1. The van der Waals surface area contributed by atoms with Gasteiger partial charge in [0.15, 0.2) is 0 Å². The Morgan fingerprint density at radius 3 is 2.05 bits per heavy atom. The van der Waals surface area contributed by atoms with Crippen molar-refractivity contribution < 1.29 is 9.53 Å². The number of unbranched alkanes of at least 4 members (excludes halogenated alkanes) is 13. The van der Waals surface area contributed by atoms with Gasteiger partial charge in [0.05, 0.1) is 23.3 Å². The van der Waals surface area contributed by atoms with Crippen molar-refractivity contribution >= 4 is 22.6 Å². The summed E-state index contributed by atoms with van der Waals surface area (Å²) in [5.41, 5.74) is 3.09. The molecule has 1 amide bonds. The zero-order valence-electron chi connectivity index (χ0n) is 25.1. The third-order valence-corrected chi connectivity index (χ3v) is 8.37. The molecule has 0 radical (unpaired) electrons. The summed E-state index contributed by atoms with van der Waals surface area (Å²) in [7, 11) is 0. The first-order valence-electron chi connectivity index (χ1n) is 16.2. The number of anilines is 1. The van der Waals surface area contributed by atoms with Crippen molar-refractivity contribution in [3.05, 3.63) is 54.4 Å². The van der Waals surface area contributed by atoms with Crippen LogP contribution in [0.25, 0.3) is 11.0 Å². The molecule has 1 fully saturated rings. The summed E-state index contributed by atoms with van der Waals surface area (Å²) < 4.78 is 8.22. The molecule has 1 aromatic heterocycles. The van der Waals surface area contributed by atoms with Crippen LogP contribution in [0.2, 0.25) is 0 Å². The molecule has 5 nitrogen and oxygen atoms in total. The number of amides is 1. The summed E-state index contributed by atoms with van der Waals surface area (Å²) in [6, 6.07) is 16.3. The van der Waals surface area contributed by atoms with Gasteiger partial charge < -0.3 is 14.2 Å². The fraction of sp³-hybridized carbons (Fsp3) is 0.600. The number of carbonyl (C=O) groups excluding carboxylic acids is 1. The minimum absolute atomic E-state index is 0.0845. The van der Waals surface area contributed by atoms with Crippen molar-refractivity contribution in [2.75, 3.05) is 18.1 Å². The number of ether oxygens (including phenoxy) is 1. The van der Waals surface area contributed by atoms with Gasteiger partial charge in [0.1, 0.15) is 11.6 Å². The molecular formula is C35H51N3O2. The third-order valence-electron chi connectivity index (χ3n) is 8.37. The normalized spacial score (nSPS) is 15.4. The number of para-hydroxylation sites is 4. The lowest BCUT2D eigenvalue weighted by molar-refractivity contribution is -0.117. The number of nitrogens with zero attached hydrogens (tertiary/aromatic N) is 3. The van der Waals surface area contributed by atoms with Crippen LogP contribution < -0.4 is 9.64 Å². The number of aryl methyl sites for hydroxylation is 1. The fourth-order valence-electron chi connectivity index (χ4n) is 6.18. The largest absolute Gasteiger partial charge is 0.492 e. The van der Waals surface area contributed by atoms with Crippen LogP contribution in [0.4, 0.5) is 5.69 Å². The highest BCUT2D eigenvalue weighted by molar-refractivity contribution is 5.97. The molecule has 0 spiro atoms. The minimum Gasteiger partial charge on any atom is -0.492 e. The molecular weight excluding hydrogens is 494 g/mol.